The molecule has 0 spiro atoms. The van der Waals surface area contributed by atoms with Crippen LogP contribution in [0.15, 0.2) is 33.6 Å². The molecule has 1 fully saturated rings. The van der Waals surface area contributed by atoms with Gasteiger partial charge in [0, 0.05) is 22.5 Å². The van der Waals surface area contributed by atoms with Crippen molar-refractivity contribution in [2.24, 2.45) is 0 Å². The van der Waals surface area contributed by atoms with E-state index in [1.807, 2.05) is 24.3 Å². The fraction of sp³-hybridized carbons (Fsp3) is 0.462. The summed E-state index contributed by atoms with van der Waals surface area (Å²) >= 11 is 4.93. The molecule has 1 atom stereocenters. The lowest BCUT2D eigenvalue weighted by molar-refractivity contribution is -0.119. The first-order valence-electron chi connectivity index (χ1n) is 6.01. The second kappa shape index (κ2) is 7.16. The van der Waals surface area contributed by atoms with Gasteiger partial charge < -0.3 is 10.1 Å². The summed E-state index contributed by atoms with van der Waals surface area (Å²) in [5.41, 5.74) is 0. The number of carbonyl (C=O) groups is 1. The number of nitrogens with one attached hydrogen (secondary N) is 1. The number of amides is 1. The number of hydrogen-bond acceptors (Lipinski definition) is 3. The first-order valence-corrected chi connectivity index (χ1v) is 7.78. The van der Waals surface area contributed by atoms with Crippen molar-refractivity contribution < 1.29 is 9.53 Å². The van der Waals surface area contributed by atoms with Gasteiger partial charge in [-0.25, -0.2) is 0 Å². The lowest BCUT2D eigenvalue weighted by Crippen LogP contribution is -2.32. The summed E-state index contributed by atoms with van der Waals surface area (Å²) in [7, 11) is 0. The predicted molar refractivity (Wildman–Crippen MR) is 76.8 cm³/mol. The van der Waals surface area contributed by atoms with E-state index < -0.39 is 0 Å². The molecule has 3 nitrogen and oxygen atoms in total. The topological polar surface area (TPSA) is 38.3 Å². The highest BCUT2D eigenvalue weighted by Gasteiger charge is 2.15. The van der Waals surface area contributed by atoms with Crippen LogP contribution in [0.5, 0.6) is 0 Å². The van der Waals surface area contributed by atoms with E-state index in [0.29, 0.717) is 12.3 Å². The van der Waals surface area contributed by atoms with Gasteiger partial charge in [-0.15, -0.1) is 11.8 Å². The molecule has 1 heterocycles. The average Bonchev–Trinajstić information content (AvgIpc) is 2.89. The standard InChI is InChI=1S/C13H16BrNO2S/c14-10-3-5-12(6-4-10)18-9-13(16)15-8-11-2-1-7-17-11/h3-6,11H,1-2,7-9H2,(H,15,16)/t11-/m1/s1. The summed E-state index contributed by atoms with van der Waals surface area (Å²) in [6, 6.07) is 7.96. The largest absolute Gasteiger partial charge is 0.376 e. The van der Waals surface area contributed by atoms with Crippen LogP contribution in [0.2, 0.25) is 0 Å². The molecule has 1 amide bonds. The second-order valence-electron chi connectivity index (χ2n) is 4.18. The molecule has 0 saturated carbocycles. The van der Waals surface area contributed by atoms with Crippen molar-refractivity contribution in [2.75, 3.05) is 18.9 Å². The molecular weight excluding hydrogens is 314 g/mol. The maximum Gasteiger partial charge on any atom is 0.230 e. The molecule has 1 saturated heterocycles. The Morgan fingerprint density at radius 2 is 2.22 bits per heavy atom. The van der Waals surface area contributed by atoms with Gasteiger partial charge in [-0.05, 0) is 37.1 Å². The number of hydrogen-bond donors (Lipinski definition) is 1. The molecule has 0 radical (unpaired) electrons. The van der Waals surface area contributed by atoms with E-state index in [-0.39, 0.29) is 12.0 Å². The minimum absolute atomic E-state index is 0.0680. The average molecular weight is 330 g/mol. The summed E-state index contributed by atoms with van der Waals surface area (Å²) in [4.78, 5) is 12.7. The normalized spacial score (nSPS) is 18.8. The van der Waals surface area contributed by atoms with Crippen molar-refractivity contribution >= 4 is 33.6 Å². The minimum Gasteiger partial charge on any atom is -0.376 e. The van der Waals surface area contributed by atoms with Crippen molar-refractivity contribution in [1.82, 2.24) is 5.32 Å². The number of benzene rings is 1. The van der Waals surface area contributed by atoms with Gasteiger partial charge in [0.2, 0.25) is 5.91 Å². The number of halogens is 1. The molecule has 0 aliphatic carbocycles. The summed E-state index contributed by atoms with van der Waals surface area (Å²) in [5, 5.41) is 2.91. The molecule has 5 heteroatoms. The van der Waals surface area contributed by atoms with E-state index in [0.717, 1.165) is 28.8 Å². The molecule has 1 N–H and O–H groups in total. The third-order valence-electron chi connectivity index (χ3n) is 2.73. The van der Waals surface area contributed by atoms with Gasteiger partial charge in [0.15, 0.2) is 0 Å². The molecule has 0 unspecified atom stereocenters. The van der Waals surface area contributed by atoms with Gasteiger partial charge in [0.1, 0.15) is 0 Å². The lowest BCUT2D eigenvalue weighted by Gasteiger charge is -2.10. The van der Waals surface area contributed by atoms with Gasteiger partial charge in [-0.3, -0.25) is 4.79 Å². The number of rotatable bonds is 5. The molecule has 1 aliphatic rings. The Bertz CT molecular complexity index is 390. The van der Waals surface area contributed by atoms with Gasteiger partial charge in [-0.2, -0.15) is 0 Å². The molecule has 1 aromatic carbocycles. The van der Waals surface area contributed by atoms with Crippen LogP contribution in [0.1, 0.15) is 12.8 Å². The van der Waals surface area contributed by atoms with Crippen molar-refractivity contribution in [3.8, 4) is 0 Å². The van der Waals surface area contributed by atoms with Crippen LogP contribution in [0, 0.1) is 0 Å². The van der Waals surface area contributed by atoms with Gasteiger partial charge in [-0.1, -0.05) is 15.9 Å². The fourth-order valence-corrected chi connectivity index (χ4v) is 2.76. The maximum absolute atomic E-state index is 11.6. The minimum atomic E-state index is 0.0680. The summed E-state index contributed by atoms with van der Waals surface area (Å²) in [5.74, 6) is 0.521. The monoisotopic (exact) mass is 329 g/mol. The Labute approximate surface area is 120 Å². The Kier molecular flexibility index (Phi) is 5.53. The Morgan fingerprint density at radius 3 is 2.89 bits per heavy atom. The fourth-order valence-electron chi connectivity index (χ4n) is 1.76. The van der Waals surface area contributed by atoms with Crippen LogP contribution in [0.4, 0.5) is 0 Å². The van der Waals surface area contributed by atoms with E-state index in [1.54, 1.807) is 11.8 Å². The van der Waals surface area contributed by atoms with Crippen molar-refractivity contribution in [3.05, 3.63) is 28.7 Å². The zero-order valence-corrected chi connectivity index (χ0v) is 12.4. The molecular formula is C13H16BrNO2S. The molecule has 2 rings (SSSR count). The molecule has 18 heavy (non-hydrogen) atoms. The van der Waals surface area contributed by atoms with Gasteiger partial charge in [0.05, 0.1) is 11.9 Å². The smallest absolute Gasteiger partial charge is 0.230 e. The van der Waals surface area contributed by atoms with Gasteiger partial charge in [0.25, 0.3) is 0 Å². The third-order valence-corrected chi connectivity index (χ3v) is 4.28. The quantitative estimate of drug-likeness (QED) is 0.844. The second-order valence-corrected chi connectivity index (χ2v) is 6.15. The van der Waals surface area contributed by atoms with E-state index >= 15 is 0 Å². The highest BCUT2D eigenvalue weighted by Crippen LogP contribution is 2.20. The van der Waals surface area contributed by atoms with Crippen LogP contribution < -0.4 is 5.32 Å². The Balaban J connectivity index is 1.66. The molecule has 98 valence electrons. The SMILES string of the molecule is O=C(CSc1ccc(Br)cc1)NC[C@H]1CCCO1. The number of ether oxygens (including phenoxy) is 1. The highest BCUT2D eigenvalue weighted by molar-refractivity contribution is 9.10. The van der Waals surface area contributed by atoms with Crippen molar-refractivity contribution in [3.63, 3.8) is 0 Å². The van der Waals surface area contributed by atoms with Crippen LogP contribution >= 0.6 is 27.7 Å². The molecule has 0 bridgehead atoms. The lowest BCUT2D eigenvalue weighted by atomic mass is 10.2. The maximum atomic E-state index is 11.6. The van der Waals surface area contributed by atoms with Gasteiger partial charge >= 0.3 is 0 Å². The third kappa shape index (κ3) is 4.63. The zero-order chi connectivity index (χ0) is 12.8. The van der Waals surface area contributed by atoms with Crippen molar-refractivity contribution in [2.45, 2.75) is 23.8 Å². The predicted octanol–water partition coefficient (Wildman–Crippen LogP) is 2.84. The number of carbonyl (C=O) groups excluding carboxylic acids is 1. The Hall–Kier alpha value is -0.520. The van der Waals surface area contributed by atoms with E-state index in [4.69, 9.17) is 4.74 Å². The molecule has 1 aromatic rings. The number of thioether (sulfide) groups is 1. The summed E-state index contributed by atoms with van der Waals surface area (Å²) < 4.78 is 6.50. The van der Waals surface area contributed by atoms with Crippen molar-refractivity contribution in [1.29, 1.82) is 0 Å². The highest BCUT2D eigenvalue weighted by atomic mass is 79.9. The first kappa shape index (κ1) is 13.9. The Morgan fingerprint density at radius 1 is 1.44 bits per heavy atom. The summed E-state index contributed by atoms with van der Waals surface area (Å²) in [6.07, 6.45) is 2.38. The van der Waals surface area contributed by atoms with E-state index in [9.17, 15) is 4.79 Å². The summed E-state index contributed by atoms with van der Waals surface area (Å²) in [6.45, 7) is 1.47. The zero-order valence-electron chi connectivity index (χ0n) is 10.0. The van der Waals surface area contributed by atoms with Crippen LogP contribution in [-0.4, -0.2) is 30.9 Å². The van der Waals surface area contributed by atoms with E-state index in [1.165, 1.54) is 0 Å². The first-order chi connectivity index (χ1) is 8.74. The molecule has 1 aliphatic heterocycles. The van der Waals surface area contributed by atoms with E-state index in [2.05, 4.69) is 21.2 Å². The van der Waals surface area contributed by atoms with Crippen LogP contribution in [0.25, 0.3) is 0 Å². The van der Waals surface area contributed by atoms with Crippen LogP contribution in [-0.2, 0) is 9.53 Å². The van der Waals surface area contributed by atoms with Crippen LogP contribution in [0.3, 0.4) is 0 Å². The molecule has 0 aromatic heterocycles.